The molecule has 1 N–H and O–H groups in total. The average Bonchev–Trinajstić information content (AvgIpc) is 3.13. The molecule has 0 unspecified atom stereocenters. The summed E-state index contributed by atoms with van der Waals surface area (Å²) in [6, 6.07) is 6.30. The lowest BCUT2D eigenvalue weighted by Crippen LogP contribution is -2.55. The first-order valence-electron chi connectivity index (χ1n) is 13.4. The molecule has 5 rings (SSSR count). The van der Waals surface area contributed by atoms with Gasteiger partial charge in [0, 0.05) is 18.3 Å². The lowest BCUT2D eigenvalue weighted by molar-refractivity contribution is -0.231. The van der Waals surface area contributed by atoms with Crippen LogP contribution in [0.1, 0.15) is 91.0 Å². The molecule has 1 aromatic carbocycles. The molecule has 0 heterocycles. The summed E-state index contributed by atoms with van der Waals surface area (Å²) in [5, 5.41) is 11.3. The standard InChI is InChI=1S/C30H41FO3/c1-5-29(20(2)32)15-13-26-24-11-8-22-18-30(33,34-19-21-6-9-23(31)10-7-21)17-16-27(22,3)25(24)12-14-28(26,29)4/h6-10,24-26,33H,5,11-19H2,1-4H3/t24-,25+,26+,27+,28+,29-,30-/m1/s1. The topological polar surface area (TPSA) is 46.5 Å². The fourth-order valence-corrected chi connectivity index (χ4v) is 9.08. The van der Waals surface area contributed by atoms with Crippen molar-refractivity contribution in [2.75, 3.05) is 0 Å². The van der Waals surface area contributed by atoms with Crippen molar-refractivity contribution >= 4 is 5.78 Å². The average molecular weight is 469 g/mol. The quantitative estimate of drug-likeness (QED) is 0.375. The molecule has 0 spiro atoms. The van der Waals surface area contributed by atoms with E-state index in [4.69, 9.17) is 4.74 Å². The van der Waals surface area contributed by atoms with Crippen molar-refractivity contribution in [2.45, 2.75) is 97.9 Å². The second-order valence-electron chi connectivity index (χ2n) is 12.3. The molecule has 0 amide bonds. The van der Waals surface area contributed by atoms with E-state index in [1.54, 1.807) is 12.1 Å². The van der Waals surface area contributed by atoms with E-state index < -0.39 is 5.79 Å². The molecule has 186 valence electrons. The highest BCUT2D eigenvalue weighted by Crippen LogP contribution is 2.70. The minimum Gasteiger partial charge on any atom is -0.365 e. The molecule has 3 fully saturated rings. The monoisotopic (exact) mass is 468 g/mol. The van der Waals surface area contributed by atoms with Crippen LogP contribution in [-0.4, -0.2) is 16.7 Å². The van der Waals surface area contributed by atoms with Crippen molar-refractivity contribution in [3.63, 3.8) is 0 Å². The van der Waals surface area contributed by atoms with Crippen LogP contribution in [0.2, 0.25) is 0 Å². The van der Waals surface area contributed by atoms with E-state index in [0.717, 1.165) is 37.7 Å². The molecule has 0 saturated heterocycles. The molecule has 34 heavy (non-hydrogen) atoms. The SMILES string of the molecule is CC[C@]1(C(C)=O)CC[C@H]2[C@@H]3CC=C4C[C@](O)(OCc5ccc(F)cc5)CC[C@]4(C)[C@H]3CC[C@@]21C. The van der Waals surface area contributed by atoms with E-state index in [1.165, 1.54) is 30.5 Å². The van der Waals surface area contributed by atoms with E-state index in [0.29, 0.717) is 36.4 Å². The zero-order chi connectivity index (χ0) is 24.4. The number of fused-ring (bicyclic) bond motifs is 5. The molecule has 4 heteroatoms. The maximum atomic E-state index is 13.2. The van der Waals surface area contributed by atoms with Crippen LogP contribution in [0.3, 0.4) is 0 Å². The Morgan fingerprint density at radius 2 is 1.79 bits per heavy atom. The number of hydrogen-bond donors (Lipinski definition) is 1. The Bertz CT molecular complexity index is 985. The van der Waals surface area contributed by atoms with Gasteiger partial charge in [-0.2, -0.15) is 0 Å². The fraction of sp³-hybridized carbons (Fsp3) is 0.700. The van der Waals surface area contributed by atoms with Gasteiger partial charge in [0.1, 0.15) is 11.6 Å². The van der Waals surface area contributed by atoms with Gasteiger partial charge in [0.25, 0.3) is 0 Å². The van der Waals surface area contributed by atoms with Gasteiger partial charge >= 0.3 is 0 Å². The molecule has 1 aromatic rings. The Kier molecular flexibility index (Phi) is 5.88. The minimum absolute atomic E-state index is 0.101. The third-order valence-corrected chi connectivity index (χ3v) is 11.2. The second-order valence-corrected chi connectivity index (χ2v) is 12.3. The van der Waals surface area contributed by atoms with Crippen LogP contribution in [0.25, 0.3) is 0 Å². The van der Waals surface area contributed by atoms with Gasteiger partial charge < -0.3 is 9.84 Å². The summed E-state index contributed by atoms with van der Waals surface area (Å²) in [6.45, 7) is 9.19. The molecule has 7 atom stereocenters. The Hall–Kier alpha value is -1.52. The molecule has 3 saturated carbocycles. The number of hydrogen-bond acceptors (Lipinski definition) is 3. The highest BCUT2D eigenvalue weighted by Gasteiger charge is 2.65. The molecule has 4 aliphatic carbocycles. The van der Waals surface area contributed by atoms with Crippen LogP contribution in [0.5, 0.6) is 0 Å². The van der Waals surface area contributed by atoms with Crippen molar-refractivity contribution in [1.29, 1.82) is 0 Å². The Morgan fingerprint density at radius 1 is 1.09 bits per heavy atom. The lowest BCUT2D eigenvalue weighted by Gasteiger charge is -2.60. The number of halogens is 1. The van der Waals surface area contributed by atoms with Crippen LogP contribution in [0.4, 0.5) is 4.39 Å². The fourth-order valence-electron chi connectivity index (χ4n) is 9.08. The number of aliphatic hydroxyl groups is 1. The smallest absolute Gasteiger partial charge is 0.169 e. The highest BCUT2D eigenvalue weighted by molar-refractivity contribution is 5.83. The summed E-state index contributed by atoms with van der Waals surface area (Å²) < 4.78 is 19.2. The first-order chi connectivity index (χ1) is 16.1. The number of allylic oxidation sites excluding steroid dienone is 1. The Labute approximate surface area is 204 Å². The number of benzene rings is 1. The number of ketones is 1. The second kappa shape index (κ2) is 8.27. The maximum absolute atomic E-state index is 13.2. The van der Waals surface area contributed by atoms with Gasteiger partial charge in [-0.25, -0.2) is 4.39 Å². The van der Waals surface area contributed by atoms with Crippen LogP contribution >= 0.6 is 0 Å². The van der Waals surface area contributed by atoms with Crippen molar-refractivity contribution in [3.8, 4) is 0 Å². The molecule has 0 radical (unpaired) electrons. The van der Waals surface area contributed by atoms with Crippen molar-refractivity contribution in [2.24, 2.45) is 34.0 Å². The van der Waals surface area contributed by atoms with Gasteiger partial charge in [-0.3, -0.25) is 4.79 Å². The van der Waals surface area contributed by atoms with Gasteiger partial charge in [-0.15, -0.1) is 0 Å². The summed E-state index contributed by atoms with van der Waals surface area (Å²) in [4.78, 5) is 12.9. The molecule has 4 aliphatic rings. The highest BCUT2D eigenvalue weighted by atomic mass is 19.1. The van der Waals surface area contributed by atoms with E-state index in [1.807, 2.05) is 6.92 Å². The molecule has 0 bridgehead atoms. The molecular formula is C30H41FO3. The van der Waals surface area contributed by atoms with E-state index in [9.17, 15) is 14.3 Å². The van der Waals surface area contributed by atoms with Crippen molar-refractivity contribution in [3.05, 3.63) is 47.3 Å². The predicted octanol–water partition coefficient (Wildman–Crippen LogP) is 6.98. The summed E-state index contributed by atoms with van der Waals surface area (Å²) in [6.07, 6.45) is 11.1. The van der Waals surface area contributed by atoms with Gasteiger partial charge in [0.2, 0.25) is 0 Å². The van der Waals surface area contributed by atoms with E-state index in [2.05, 4.69) is 26.8 Å². The number of carbonyl (C=O) groups is 1. The predicted molar refractivity (Wildman–Crippen MR) is 131 cm³/mol. The minimum atomic E-state index is -1.16. The lowest BCUT2D eigenvalue weighted by atomic mass is 9.45. The Balaban J connectivity index is 1.35. The Morgan fingerprint density at radius 3 is 2.47 bits per heavy atom. The van der Waals surface area contributed by atoms with E-state index in [-0.39, 0.29) is 28.7 Å². The largest absolute Gasteiger partial charge is 0.365 e. The zero-order valence-corrected chi connectivity index (χ0v) is 21.3. The normalized spacial score (nSPS) is 43.5. The van der Waals surface area contributed by atoms with Gasteiger partial charge in [-0.05, 0) is 98.1 Å². The summed E-state index contributed by atoms with van der Waals surface area (Å²) in [7, 11) is 0. The van der Waals surface area contributed by atoms with Gasteiger partial charge in [0.05, 0.1) is 6.61 Å². The summed E-state index contributed by atoms with van der Waals surface area (Å²) in [5.74, 6) is 0.842. The van der Waals surface area contributed by atoms with Crippen LogP contribution < -0.4 is 0 Å². The van der Waals surface area contributed by atoms with Gasteiger partial charge in [0.15, 0.2) is 5.79 Å². The molecular weight excluding hydrogens is 427 g/mol. The van der Waals surface area contributed by atoms with Crippen LogP contribution in [-0.2, 0) is 16.1 Å². The first kappa shape index (κ1) is 24.2. The number of Topliss-reactive ketones (excluding diaryl/α,β-unsaturated/α-hetero) is 1. The maximum Gasteiger partial charge on any atom is 0.169 e. The third-order valence-electron chi connectivity index (χ3n) is 11.2. The van der Waals surface area contributed by atoms with Crippen molar-refractivity contribution < 1.29 is 19.0 Å². The number of ether oxygens (including phenoxy) is 1. The van der Waals surface area contributed by atoms with E-state index >= 15 is 0 Å². The number of rotatable bonds is 5. The molecule has 0 aromatic heterocycles. The summed E-state index contributed by atoms with van der Waals surface area (Å²) in [5.41, 5.74) is 2.30. The van der Waals surface area contributed by atoms with Crippen molar-refractivity contribution in [1.82, 2.24) is 0 Å². The molecule has 0 aliphatic heterocycles. The van der Waals surface area contributed by atoms with Gasteiger partial charge in [-0.1, -0.05) is 44.6 Å². The number of carbonyl (C=O) groups excluding carboxylic acids is 1. The summed E-state index contributed by atoms with van der Waals surface area (Å²) >= 11 is 0. The zero-order valence-electron chi connectivity index (χ0n) is 21.3. The van der Waals surface area contributed by atoms with Crippen LogP contribution in [0.15, 0.2) is 35.9 Å². The third kappa shape index (κ3) is 3.46. The first-order valence-corrected chi connectivity index (χ1v) is 13.4. The molecule has 3 nitrogen and oxygen atoms in total. The van der Waals surface area contributed by atoms with Crippen LogP contribution in [0, 0.1) is 39.8 Å².